The number of thioether (sulfide) groups is 1. The van der Waals surface area contributed by atoms with Gasteiger partial charge >= 0.3 is 6.18 Å². The Morgan fingerprint density at radius 1 is 1.40 bits per heavy atom. The molecule has 0 aliphatic carbocycles. The minimum atomic E-state index is -4.48. The molecule has 0 bridgehead atoms. The van der Waals surface area contributed by atoms with Crippen LogP contribution in [0.2, 0.25) is 0 Å². The Labute approximate surface area is 121 Å². The summed E-state index contributed by atoms with van der Waals surface area (Å²) < 4.78 is 38.6. The number of hydrogen-bond donors (Lipinski definition) is 1. The van der Waals surface area contributed by atoms with Gasteiger partial charge < -0.3 is 10.2 Å². The minimum Gasteiger partial charge on any atom is -0.356 e. The van der Waals surface area contributed by atoms with Gasteiger partial charge in [0.2, 0.25) is 5.95 Å². The minimum absolute atomic E-state index is 0.000488. The van der Waals surface area contributed by atoms with E-state index in [0.29, 0.717) is 6.54 Å². The lowest BCUT2D eigenvalue weighted by molar-refractivity contribution is -0.141. The van der Waals surface area contributed by atoms with E-state index in [2.05, 4.69) is 15.3 Å². The molecule has 1 aromatic rings. The summed E-state index contributed by atoms with van der Waals surface area (Å²) in [5.74, 6) is 1.07. The SMILES string of the molecule is CCNc1nc(N(C)C(C)CSC)cc(C(F)(F)F)n1. The van der Waals surface area contributed by atoms with Crippen LogP contribution in [0.15, 0.2) is 6.07 Å². The topological polar surface area (TPSA) is 41.1 Å². The molecular formula is C12H19F3N4S. The lowest BCUT2D eigenvalue weighted by Gasteiger charge is -2.26. The third-order valence-electron chi connectivity index (χ3n) is 2.77. The van der Waals surface area contributed by atoms with Crippen LogP contribution in [0, 0.1) is 0 Å². The number of halogens is 3. The maximum absolute atomic E-state index is 12.9. The molecule has 0 spiro atoms. The van der Waals surface area contributed by atoms with Gasteiger partial charge in [-0.2, -0.15) is 29.9 Å². The highest BCUT2D eigenvalue weighted by Gasteiger charge is 2.34. The molecule has 0 aliphatic rings. The van der Waals surface area contributed by atoms with Gasteiger partial charge in [-0.05, 0) is 20.1 Å². The quantitative estimate of drug-likeness (QED) is 0.874. The molecule has 114 valence electrons. The van der Waals surface area contributed by atoms with E-state index in [0.717, 1.165) is 11.8 Å². The summed E-state index contributed by atoms with van der Waals surface area (Å²) >= 11 is 1.63. The Morgan fingerprint density at radius 3 is 2.55 bits per heavy atom. The fraction of sp³-hybridized carbons (Fsp3) is 0.667. The molecule has 0 aromatic carbocycles. The van der Waals surface area contributed by atoms with Gasteiger partial charge in [0, 0.05) is 31.5 Å². The van der Waals surface area contributed by atoms with Crippen LogP contribution < -0.4 is 10.2 Å². The van der Waals surface area contributed by atoms with Crippen molar-refractivity contribution in [2.45, 2.75) is 26.1 Å². The maximum atomic E-state index is 12.9. The number of nitrogens with zero attached hydrogens (tertiary/aromatic N) is 3. The number of hydrogen-bond acceptors (Lipinski definition) is 5. The molecule has 0 aliphatic heterocycles. The fourth-order valence-electron chi connectivity index (χ4n) is 1.58. The Hall–Kier alpha value is -1.18. The second-order valence-corrected chi connectivity index (χ2v) is 5.29. The molecule has 0 radical (unpaired) electrons. The number of nitrogens with one attached hydrogen (secondary N) is 1. The molecule has 0 amide bonds. The predicted molar refractivity (Wildman–Crippen MR) is 77.4 cm³/mol. The van der Waals surface area contributed by atoms with Crippen molar-refractivity contribution < 1.29 is 13.2 Å². The van der Waals surface area contributed by atoms with Crippen LogP contribution in [0.25, 0.3) is 0 Å². The van der Waals surface area contributed by atoms with Crippen molar-refractivity contribution in [3.8, 4) is 0 Å². The number of alkyl halides is 3. The van der Waals surface area contributed by atoms with Crippen LogP contribution in [-0.4, -0.2) is 41.6 Å². The molecule has 1 atom stereocenters. The molecule has 1 aromatic heterocycles. The lowest BCUT2D eigenvalue weighted by atomic mass is 10.3. The number of aromatic nitrogens is 2. The standard InChI is InChI=1S/C12H19F3N4S/c1-5-16-11-17-9(12(13,14)15)6-10(18-11)19(3)8(2)7-20-4/h6,8H,5,7H2,1-4H3,(H,16,17,18). The molecule has 4 nitrogen and oxygen atoms in total. The van der Waals surface area contributed by atoms with Crippen molar-refractivity contribution in [3.63, 3.8) is 0 Å². The van der Waals surface area contributed by atoms with Gasteiger partial charge in [-0.15, -0.1) is 0 Å². The Morgan fingerprint density at radius 2 is 2.05 bits per heavy atom. The van der Waals surface area contributed by atoms with Gasteiger partial charge in [-0.3, -0.25) is 0 Å². The van der Waals surface area contributed by atoms with Crippen LogP contribution in [0.4, 0.5) is 24.9 Å². The summed E-state index contributed by atoms with van der Waals surface area (Å²) in [5.41, 5.74) is -0.929. The zero-order chi connectivity index (χ0) is 15.3. The van der Waals surface area contributed by atoms with Crippen LogP contribution in [0.1, 0.15) is 19.5 Å². The number of rotatable bonds is 6. The average molecular weight is 308 g/mol. The third kappa shape index (κ3) is 4.43. The van der Waals surface area contributed by atoms with Crippen molar-refractivity contribution in [3.05, 3.63) is 11.8 Å². The monoisotopic (exact) mass is 308 g/mol. The van der Waals surface area contributed by atoms with E-state index >= 15 is 0 Å². The molecule has 1 N–H and O–H groups in total. The normalized spacial score (nSPS) is 13.2. The van der Waals surface area contributed by atoms with Crippen LogP contribution in [0.5, 0.6) is 0 Å². The summed E-state index contributed by atoms with van der Waals surface area (Å²) in [6.07, 6.45) is -2.53. The lowest BCUT2D eigenvalue weighted by Crippen LogP contribution is -2.32. The highest BCUT2D eigenvalue weighted by Crippen LogP contribution is 2.30. The van der Waals surface area contributed by atoms with Gasteiger partial charge in [-0.25, -0.2) is 4.98 Å². The van der Waals surface area contributed by atoms with E-state index in [1.54, 1.807) is 30.6 Å². The molecule has 0 saturated carbocycles. The second kappa shape index (κ2) is 7.01. The van der Waals surface area contributed by atoms with Gasteiger partial charge in [0.25, 0.3) is 0 Å². The summed E-state index contributed by atoms with van der Waals surface area (Å²) in [7, 11) is 1.74. The summed E-state index contributed by atoms with van der Waals surface area (Å²) in [6, 6.07) is 1.06. The summed E-state index contributed by atoms with van der Waals surface area (Å²) in [4.78, 5) is 9.37. The zero-order valence-corrected chi connectivity index (χ0v) is 12.8. The van der Waals surface area contributed by atoms with Gasteiger partial charge in [0.1, 0.15) is 5.82 Å². The van der Waals surface area contributed by atoms with Crippen LogP contribution >= 0.6 is 11.8 Å². The highest BCUT2D eigenvalue weighted by molar-refractivity contribution is 7.98. The average Bonchev–Trinajstić information content (AvgIpc) is 2.37. The summed E-state index contributed by atoms with van der Waals surface area (Å²) in [6.45, 7) is 4.19. The zero-order valence-electron chi connectivity index (χ0n) is 12.0. The largest absolute Gasteiger partial charge is 0.433 e. The van der Waals surface area contributed by atoms with Crippen molar-refractivity contribution in [2.75, 3.05) is 35.8 Å². The molecule has 0 fully saturated rings. The van der Waals surface area contributed by atoms with Crippen molar-refractivity contribution in [1.29, 1.82) is 0 Å². The molecule has 1 heterocycles. The highest BCUT2D eigenvalue weighted by atomic mass is 32.2. The summed E-state index contributed by atoms with van der Waals surface area (Å²) in [5, 5.41) is 2.73. The van der Waals surface area contributed by atoms with Gasteiger partial charge in [0.05, 0.1) is 0 Å². The first kappa shape index (κ1) is 16.9. The molecule has 20 heavy (non-hydrogen) atoms. The molecule has 1 rings (SSSR count). The van der Waals surface area contributed by atoms with Gasteiger partial charge in [-0.1, -0.05) is 0 Å². The Balaban J connectivity index is 3.14. The third-order valence-corrected chi connectivity index (χ3v) is 3.58. The van der Waals surface area contributed by atoms with E-state index in [1.165, 1.54) is 0 Å². The van der Waals surface area contributed by atoms with Crippen molar-refractivity contribution in [1.82, 2.24) is 9.97 Å². The molecular weight excluding hydrogens is 289 g/mol. The Kier molecular flexibility index (Phi) is 5.91. The first-order valence-corrected chi connectivity index (χ1v) is 7.60. The molecule has 1 unspecified atom stereocenters. The molecule has 0 saturated heterocycles. The van der Waals surface area contributed by atoms with E-state index in [1.807, 2.05) is 13.2 Å². The first-order valence-electron chi connectivity index (χ1n) is 6.21. The van der Waals surface area contributed by atoms with Crippen LogP contribution in [0.3, 0.4) is 0 Å². The second-order valence-electron chi connectivity index (χ2n) is 4.38. The smallest absolute Gasteiger partial charge is 0.356 e. The molecule has 8 heteroatoms. The van der Waals surface area contributed by atoms with E-state index < -0.39 is 11.9 Å². The van der Waals surface area contributed by atoms with Crippen molar-refractivity contribution in [2.24, 2.45) is 0 Å². The van der Waals surface area contributed by atoms with Gasteiger partial charge in [0.15, 0.2) is 5.69 Å². The maximum Gasteiger partial charge on any atom is 0.433 e. The van der Waals surface area contributed by atoms with E-state index in [-0.39, 0.29) is 17.8 Å². The predicted octanol–water partition coefficient (Wildman–Crippen LogP) is 3.11. The Bertz CT molecular complexity index is 439. The first-order chi connectivity index (χ1) is 9.29. The van der Waals surface area contributed by atoms with Crippen LogP contribution in [-0.2, 0) is 6.18 Å². The van der Waals surface area contributed by atoms with Crippen molar-refractivity contribution >= 4 is 23.5 Å². The number of anilines is 2. The van der Waals surface area contributed by atoms with E-state index in [4.69, 9.17) is 0 Å². The van der Waals surface area contributed by atoms with E-state index in [9.17, 15) is 13.2 Å². The fourth-order valence-corrected chi connectivity index (χ4v) is 2.28.